The number of hydrogen-bond donors (Lipinski definition) is 2. The SMILES string of the molecule is CC(C)(C)OC(=O)NC[C@H]1CC[C@@H](O)CC1. The van der Waals surface area contributed by atoms with Crippen LogP contribution in [0.1, 0.15) is 46.5 Å². The van der Waals surface area contributed by atoms with Crippen LogP contribution in [0.15, 0.2) is 0 Å². The minimum Gasteiger partial charge on any atom is -0.444 e. The first-order valence-electron chi connectivity index (χ1n) is 6.02. The van der Waals surface area contributed by atoms with Gasteiger partial charge in [0.1, 0.15) is 5.60 Å². The maximum absolute atomic E-state index is 11.4. The van der Waals surface area contributed by atoms with E-state index in [-0.39, 0.29) is 12.2 Å². The maximum atomic E-state index is 11.4. The molecule has 1 aliphatic carbocycles. The number of carbonyl (C=O) groups is 1. The van der Waals surface area contributed by atoms with Crippen molar-refractivity contribution in [2.45, 2.75) is 58.2 Å². The molecule has 0 heterocycles. The van der Waals surface area contributed by atoms with E-state index in [9.17, 15) is 9.90 Å². The van der Waals surface area contributed by atoms with E-state index in [0.29, 0.717) is 12.5 Å². The van der Waals surface area contributed by atoms with Crippen molar-refractivity contribution in [1.29, 1.82) is 0 Å². The van der Waals surface area contributed by atoms with Gasteiger partial charge in [-0.3, -0.25) is 0 Å². The summed E-state index contributed by atoms with van der Waals surface area (Å²) >= 11 is 0. The summed E-state index contributed by atoms with van der Waals surface area (Å²) in [5.41, 5.74) is -0.438. The van der Waals surface area contributed by atoms with Gasteiger partial charge in [-0.25, -0.2) is 4.79 Å². The summed E-state index contributed by atoms with van der Waals surface area (Å²) in [5.74, 6) is 0.482. The monoisotopic (exact) mass is 229 g/mol. The van der Waals surface area contributed by atoms with Gasteiger partial charge in [0.2, 0.25) is 0 Å². The minimum absolute atomic E-state index is 0.141. The molecular formula is C12H23NO3. The van der Waals surface area contributed by atoms with E-state index >= 15 is 0 Å². The molecule has 0 saturated heterocycles. The lowest BCUT2D eigenvalue weighted by atomic mass is 9.87. The summed E-state index contributed by atoms with van der Waals surface area (Å²) in [5, 5.41) is 12.1. The van der Waals surface area contributed by atoms with Gasteiger partial charge in [-0.2, -0.15) is 0 Å². The Bertz CT molecular complexity index is 227. The summed E-state index contributed by atoms with van der Waals surface area (Å²) < 4.78 is 5.15. The molecule has 0 aliphatic heterocycles. The summed E-state index contributed by atoms with van der Waals surface area (Å²) in [6.45, 7) is 6.21. The molecule has 1 rings (SSSR count). The van der Waals surface area contributed by atoms with Crippen LogP contribution < -0.4 is 5.32 Å². The molecule has 0 bridgehead atoms. The van der Waals surface area contributed by atoms with Gasteiger partial charge < -0.3 is 15.2 Å². The van der Waals surface area contributed by atoms with E-state index in [2.05, 4.69) is 5.32 Å². The summed E-state index contributed by atoms with van der Waals surface area (Å²) in [6, 6.07) is 0. The molecule has 1 aliphatic rings. The van der Waals surface area contributed by atoms with Crippen molar-refractivity contribution in [3.8, 4) is 0 Å². The molecule has 0 aromatic carbocycles. The third-order valence-corrected chi connectivity index (χ3v) is 2.75. The van der Waals surface area contributed by atoms with E-state index in [0.717, 1.165) is 25.7 Å². The first kappa shape index (κ1) is 13.3. The number of nitrogens with one attached hydrogen (secondary N) is 1. The molecule has 1 fully saturated rings. The van der Waals surface area contributed by atoms with E-state index in [1.165, 1.54) is 0 Å². The number of alkyl carbamates (subject to hydrolysis) is 1. The van der Waals surface area contributed by atoms with E-state index < -0.39 is 5.60 Å². The van der Waals surface area contributed by atoms with Crippen LogP contribution >= 0.6 is 0 Å². The average Bonchev–Trinajstić information content (AvgIpc) is 2.14. The second-order valence-corrected chi connectivity index (χ2v) is 5.56. The molecule has 4 heteroatoms. The Morgan fingerprint density at radius 1 is 1.31 bits per heavy atom. The molecule has 0 aromatic rings. The van der Waals surface area contributed by atoms with Gasteiger partial charge in [-0.05, 0) is 52.4 Å². The van der Waals surface area contributed by atoms with Crippen LogP contribution in [0.25, 0.3) is 0 Å². The predicted octanol–water partition coefficient (Wildman–Crippen LogP) is 2.06. The molecule has 0 unspecified atom stereocenters. The average molecular weight is 229 g/mol. The maximum Gasteiger partial charge on any atom is 0.407 e. The van der Waals surface area contributed by atoms with Crippen molar-refractivity contribution < 1.29 is 14.6 Å². The van der Waals surface area contributed by atoms with E-state index in [1.807, 2.05) is 20.8 Å². The zero-order chi connectivity index (χ0) is 12.2. The van der Waals surface area contributed by atoms with Crippen molar-refractivity contribution in [1.82, 2.24) is 5.32 Å². The molecule has 1 saturated carbocycles. The number of aliphatic hydroxyl groups excluding tert-OH is 1. The number of aliphatic hydroxyl groups is 1. The normalized spacial score (nSPS) is 26.2. The van der Waals surface area contributed by atoms with Crippen molar-refractivity contribution in [2.75, 3.05) is 6.54 Å². The third-order valence-electron chi connectivity index (χ3n) is 2.75. The lowest BCUT2D eigenvalue weighted by Gasteiger charge is -2.26. The Hall–Kier alpha value is -0.770. The van der Waals surface area contributed by atoms with Crippen molar-refractivity contribution in [3.63, 3.8) is 0 Å². The van der Waals surface area contributed by atoms with Crippen LogP contribution in [0.5, 0.6) is 0 Å². The number of rotatable bonds is 2. The van der Waals surface area contributed by atoms with Crippen LogP contribution in [0.3, 0.4) is 0 Å². The zero-order valence-corrected chi connectivity index (χ0v) is 10.5. The Kier molecular flexibility index (Phi) is 4.59. The van der Waals surface area contributed by atoms with Gasteiger partial charge in [0.05, 0.1) is 6.10 Å². The van der Waals surface area contributed by atoms with Crippen molar-refractivity contribution in [3.05, 3.63) is 0 Å². The second-order valence-electron chi connectivity index (χ2n) is 5.56. The second kappa shape index (κ2) is 5.53. The van der Waals surface area contributed by atoms with Crippen LogP contribution in [-0.2, 0) is 4.74 Å². The highest BCUT2D eigenvalue weighted by atomic mass is 16.6. The number of ether oxygens (including phenoxy) is 1. The molecule has 2 N–H and O–H groups in total. The Morgan fingerprint density at radius 3 is 2.38 bits per heavy atom. The largest absolute Gasteiger partial charge is 0.444 e. The van der Waals surface area contributed by atoms with Gasteiger partial charge in [-0.15, -0.1) is 0 Å². The van der Waals surface area contributed by atoms with Crippen LogP contribution in [0.4, 0.5) is 4.79 Å². The fourth-order valence-corrected chi connectivity index (χ4v) is 1.89. The van der Waals surface area contributed by atoms with Crippen LogP contribution in [0.2, 0.25) is 0 Å². The number of carbonyl (C=O) groups excluding carboxylic acids is 1. The van der Waals surface area contributed by atoms with Gasteiger partial charge in [0.15, 0.2) is 0 Å². The van der Waals surface area contributed by atoms with Gasteiger partial charge in [0.25, 0.3) is 0 Å². The standard InChI is InChI=1S/C12H23NO3/c1-12(2,3)16-11(15)13-8-9-4-6-10(14)7-5-9/h9-10,14H,4-8H2,1-3H3,(H,13,15)/t9-,10+. The number of amides is 1. The molecule has 1 amide bonds. The van der Waals surface area contributed by atoms with Crippen LogP contribution in [-0.4, -0.2) is 29.4 Å². The lowest BCUT2D eigenvalue weighted by Crippen LogP contribution is -2.36. The first-order chi connectivity index (χ1) is 7.37. The minimum atomic E-state index is -0.438. The fraction of sp³-hybridized carbons (Fsp3) is 0.917. The highest BCUT2D eigenvalue weighted by molar-refractivity contribution is 5.67. The Balaban J connectivity index is 2.17. The Morgan fingerprint density at radius 2 is 1.88 bits per heavy atom. The summed E-state index contributed by atoms with van der Waals surface area (Å²) in [4.78, 5) is 11.4. The molecule has 4 nitrogen and oxygen atoms in total. The number of hydrogen-bond acceptors (Lipinski definition) is 3. The smallest absolute Gasteiger partial charge is 0.407 e. The molecule has 0 atom stereocenters. The summed E-state index contributed by atoms with van der Waals surface area (Å²) in [6.07, 6.45) is 3.17. The predicted molar refractivity (Wildman–Crippen MR) is 62.2 cm³/mol. The first-order valence-corrected chi connectivity index (χ1v) is 6.02. The fourth-order valence-electron chi connectivity index (χ4n) is 1.89. The molecule has 16 heavy (non-hydrogen) atoms. The van der Waals surface area contributed by atoms with Gasteiger partial charge in [-0.1, -0.05) is 0 Å². The highest BCUT2D eigenvalue weighted by Gasteiger charge is 2.21. The van der Waals surface area contributed by atoms with Gasteiger partial charge in [0, 0.05) is 6.54 Å². The Labute approximate surface area is 97.4 Å². The van der Waals surface area contributed by atoms with Crippen LogP contribution in [0, 0.1) is 5.92 Å². The third kappa shape index (κ3) is 5.35. The lowest BCUT2D eigenvalue weighted by molar-refractivity contribution is 0.0504. The zero-order valence-electron chi connectivity index (χ0n) is 10.5. The molecule has 0 aromatic heterocycles. The van der Waals surface area contributed by atoms with E-state index in [1.54, 1.807) is 0 Å². The molecular weight excluding hydrogens is 206 g/mol. The van der Waals surface area contributed by atoms with Gasteiger partial charge >= 0.3 is 6.09 Å². The van der Waals surface area contributed by atoms with Crippen molar-refractivity contribution >= 4 is 6.09 Å². The summed E-state index contributed by atoms with van der Waals surface area (Å²) in [7, 11) is 0. The molecule has 0 radical (unpaired) electrons. The van der Waals surface area contributed by atoms with E-state index in [4.69, 9.17) is 4.74 Å². The topological polar surface area (TPSA) is 58.6 Å². The molecule has 94 valence electrons. The quantitative estimate of drug-likeness (QED) is 0.762. The van der Waals surface area contributed by atoms with Crippen molar-refractivity contribution in [2.24, 2.45) is 5.92 Å². The highest BCUT2D eigenvalue weighted by Crippen LogP contribution is 2.23. The molecule has 0 spiro atoms.